The molecule has 0 N–H and O–H groups in total. The van der Waals surface area contributed by atoms with Gasteiger partial charge < -0.3 is 14.2 Å². The number of methoxy groups -OCH3 is 3. The van der Waals surface area contributed by atoms with Crippen molar-refractivity contribution in [3.8, 4) is 51.2 Å². The average Bonchev–Trinajstić information content (AvgIpc) is 3.82. The first-order valence-corrected chi connectivity index (χ1v) is 19.4. The van der Waals surface area contributed by atoms with Gasteiger partial charge in [0.1, 0.15) is 11.6 Å². The standard InChI is InChI=1S/C46H34Cl4N4O3/c1-27-25-28(21-23-38(27)55-2)41-42(30-13-5-9-17-34(30)47)53-46(52-41,33-16-8-12-20-37(33)50)54-44(29-22-24-39(56-3)40(26-29)57-4)43(31-14-6-10-18-35(31)48)51-45(54)32-15-7-11-19-36(32)49/h5-26H,1-4H3. The topological polar surface area (TPSA) is 70.2 Å². The van der Waals surface area contributed by atoms with E-state index in [9.17, 15) is 0 Å². The molecule has 1 unspecified atom stereocenters. The molecular formula is C46H34Cl4N4O3. The maximum absolute atomic E-state index is 7.29. The number of aryl methyl sites for hydroxylation is 1. The summed E-state index contributed by atoms with van der Waals surface area (Å²) in [7, 11) is 4.84. The third-order valence-corrected chi connectivity index (χ3v) is 11.2. The second-order valence-electron chi connectivity index (χ2n) is 13.2. The molecule has 7 aromatic rings. The van der Waals surface area contributed by atoms with Gasteiger partial charge in [-0.2, -0.15) is 0 Å². The molecule has 0 saturated heterocycles. The summed E-state index contributed by atoms with van der Waals surface area (Å²) in [6.07, 6.45) is 0. The molecule has 6 aromatic carbocycles. The minimum Gasteiger partial charge on any atom is -0.496 e. The lowest BCUT2D eigenvalue weighted by Crippen LogP contribution is -2.31. The summed E-state index contributed by atoms with van der Waals surface area (Å²) < 4.78 is 19.2. The highest BCUT2D eigenvalue weighted by Crippen LogP contribution is 2.50. The minimum absolute atomic E-state index is 0.423. The van der Waals surface area contributed by atoms with Gasteiger partial charge in [-0.1, -0.05) is 113 Å². The smallest absolute Gasteiger partial charge is 0.263 e. The van der Waals surface area contributed by atoms with Crippen LogP contribution in [0.4, 0.5) is 0 Å². The molecule has 1 atom stereocenters. The minimum atomic E-state index is -1.65. The number of halogens is 4. The summed E-state index contributed by atoms with van der Waals surface area (Å²) >= 11 is 28.5. The fourth-order valence-electron chi connectivity index (χ4n) is 7.22. The number of rotatable bonds is 10. The lowest BCUT2D eigenvalue weighted by atomic mass is 9.98. The van der Waals surface area contributed by atoms with Crippen LogP contribution in [0.1, 0.15) is 22.3 Å². The van der Waals surface area contributed by atoms with Crippen LogP contribution in [0.15, 0.2) is 143 Å². The van der Waals surface area contributed by atoms with Crippen LogP contribution in [0.3, 0.4) is 0 Å². The molecule has 0 bridgehead atoms. The Morgan fingerprint density at radius 3 is 1.63 bits per heavy atom. The molecule has 0 radical (unpaired) electrons. The predicted octanol–water partition coefficient (Wildman–Crippen LogP) is 12.5. The first kappa shape index (κ1) is 38.3. The Morgan fingerprint density at radius 1 is 0.509 bits per heavy atom. The molecule has 0 saturated carbocycles. The van der Waals surface area contributed by atoms with Crippen molar-refractivity contribution < 1.29 is 14.2 Å². The highest BCUT2D eigenvalue weighted by molar-refractivity contribution is 6.56. The lowest BCUT2D eigenvalue weighted by Gasteiger charge is -2.30. The van der Waals surface area contributed by atoms with Gasteiger partial charge in [0, 0.05) is 33.4 Å². The zero-order valence-corrected chi connectivity index (χ0v) is 34.3. The molecule has 11 heteroatoms. The highest BCUT2D eigenvalue weighted by Gasteiger charge is 2.47. The van der Waals surface area contributed by atoms with E-state index in [4.69, 9.17) is 75.6 Å². The van der Waals surface area contributed by atoms with E-state index >= 15 is 0 Å². The van der Waals surface area contributed by atoms with Crippen molar-refractivity contribution in [2.45, 2.75) is 12.7 Å². The number of hydrogen-bond acceptors (Lipinski definition) is 6. The van der Waals surface area contributed by atoms with E-state index in [1.807, 2.05) is 145 Å². The van der Waals surface area contributed by atoms with Crippen LogP contribution < -0.4 is 14.2 Å². The van der Waals surface area contributed by atoms with E-state index in [1.54, 1.807) is 21.3 Å². The number of nitrogens with zero attached hydrogens (tertiary/aromatic N) is 4. The van der Waals surface area contributed by atoms with Crippen LogP contribution in [-0.4, -0.2) is 42.3 Å². The van der Waals surface area contributed by atoms with Crippen molar-refractivity contribution in [3.63, 3.8) is 0 Å². The van der Waals surface area contributed by atoms with Gasteiger partial charge in [-0.15, -0.1) is 0 Å². The van der Waals surface area contributed by atoms with Crippen molar-refractivity contribution in [2.75, 3.05) is 21.3 Å². The number of imidazole rings is 1. The van der Waals surface area contributed by atoms with Crippen LogP contribution in [0.5, 0.6) is 17.2 Å². The van der Waals surface area contributed by atoms with E-state index in [0.29, 0.717) is 88.0 Å². The third kappa shape index (κ3) is 6.74. The highest BCUT2D eigenvalue weighted by atomic mass is 35.5. The molecule has 2 heterocycles. The SMILES string of the molecule is COc1ccc(C2=NC(c3ccccc3Cl)(n3c(-c4ccccc4Cl)nc(-c4ccccc4Cl)c3-c3ccc(OC)c(OC)c3)N=C2c2ccccc2Cl)cc1C. The molecule has 1 aromatic heterocycles. The molecule has 1 aliphatic rings. The summed E-state index contributed by atoms with van der Waals surface area (Å²) in [5, 5.41) is 1.88. The van der Waals surface area contributed by atoms with E-state index in [-0.39, 0.29) is 0 Å². The van der Waals surface area contributed by atoms with Crippen LogP contribution in [-0.2, 0) is 5.79 Å². The Balaban J connectivity index is 1.61. The second-order valence-corrected chi connectivity index (χ2v) is 14.8. The molecule has 7 nitrogen and oxygen atoms in total. The van der Waals surface area contributed by atoms with Gasteiger partial charge in [0.25, 0.3) is 5.79 Å². The van der Waals surface area contributed by atoms with Gasteiger partial charge in [-0.3, -0.25) is 4.57 Å². The van der Waals surface area contributed by atoms with Gasteiger partial charge in [-0.05, 0) is 79.2 Å². The van der Waals surface area contributed by atoms with Gasteiger partial charge in [0.05, 0.1) is 64.2 Å². The summed E-state index contributed by atoms with van der Waals surface area (Å²) in [4.78, 5) is 16.8. The fourth-order valence-corrected chi connectivity index (χ4v) is 8.16. The van der Waals surface area contributed by atoms with Crippen molar-refractivity contribution in [1.82, 2.24) is 9.55 Å². The van der Waals surface area contributed by atoms with Gasteiger partial charge >= 0.3 is 0 Å². The van der Waals surface area contributed by atoms with Crippen molar-refractivity contribution in [3.05, 3.63) is 176 Å². The summed E-state index contributed by atoms with van der Waals surface area (Å²) in [6, 6.07) is 41.8. The van der Waals surface area contributed by atoms with Crippen molar-refractivity contribution in [1.29, 1.82) is 0 Å². The Hall–Kier alpha value is -5.57. The lowest BCUT2D eigenvalue weighted by molar-refractivity contribution is 0.355. The maximum atomic E-state index is 7.29. The number of aromatic nitrogens is 2. The van der Waals surface area contributed by atoms with Crippen LogP contribution in [0.25, 0.3) is 33.9 Å². The number of aliphatic imine (C=N–C) groups is 2. The predicted molar refractivity (Wildman–Crippen MR) is 232 cm³/mol. The van der Waals surface area contributed by atoms with Crippen molar-refractivity contribution in [2.24, 2.45) is 9.98 Å². The molecular weight excluding hydrogens is 798 g/mol. The number of hydrogen-bond donors (Lipinski definition) is 0. The van der Waals surface area contributed by atoms with Crippen LogP contribution in [0, 0.1) is 6.92 Å². The summed E-state index contributed by atoms with van der Waals surface area (Å²) in [6.45, 7) is 1.99. The summed E-state index contributed by atoms with van der Waals surface area (Å²) in [5.74, 6) is 0.594. The molecule has 284 valence electrons. The van der Waals surface area contributed by atoms with E-state index in [1.165, 1.54) is 0 Å². The Kier molecular flexibility index (Phi) is 10.6. The molecule has 0 amide bonds. The zero-order chi connectivity index (χ0) is 39.8. The Labute approximate surface area is 350 Å². The zero-order valence-electron chi connectivity index (χ0n) is 31.2. The summed E-state index contributed by atoms with van der Waals surface area (Å²) in [5.41, 5.74) is 7.25. The largest absolute Gasteiger partial charge is 0.496 e. The monoisotopic (exact) mass is 830 g/mol. The van der Waals surface area contributed by atoms with E-state index in [0.717, 1.165) is 16.9 Å². The molecule has 0 fully saturated rings. The second kappa shape index (κ2) is 15.8. The first-order valence-electron chi connectivity index (χ1n) is 17.9. The number of ether oxygens (including phenoxy) is 3. The fraction of sp³-hybridized carbons (Fsp3) is 0.109. The molecule has 0 spiro atoms. The van der Waals surface area contributed by atoms with E-state index < -0.39 is 5.79 Å². The maximum Gasteiger partial charge on any atom is 0.263 e. The molecule has 1 aliphatic heterocycles. The van der Waals surface area contributed by atoms with Crippen molar-refractivity contribution >= 4 is 57.8 Å². The Bertz CT molecular complexity index is 2740. The van der Waals surface area contributed by atoms with Crippen LogP contribution in [0.2, 0.25) is 20.1 Å². The first-order chi connectivity index (χ1) is 27.7. The van der Waals surface area contributed by atoms with E-state index in [2.05, 4.69) is 0 Å². The van der Waals surface area contributed by atoms with Gasteiger partial charge in [-0.25, -0.2) is 15.0 Å². The molecule has 0 aliphatic carbocycles. The molecule has 57 heavy (non-hydrogen) atoms. The molecule has 8 rings (SSSR count). The van der Waals surface area contributed by atoms with Gasteiger partial charge in [0.15, 0.2) is 11.5 Å². The Morgan fingerprint density at radius 2 is 1.04 bits per heavy atom. The normalized spacial score (nSPS) is 14.9. The van der Waals surface area contributed by atoms with Crippen LogP contribution >= 0.6 is 46.4 Å². The third-order valence-electron chi connectivity index (χ3n) is 9.88. The van der Waals surface area contributed by atoms with Gasteiger partial charge in [0.2, 0.25) is 0 Å². The average molecular weight is 833 g/mol. The quantitative estimate of drug-likeness (QED) is 0.138. The number of benzene rings is 6.